The standard InChI is InChI=1S/C45H28N4S/c1-2-10-30(11-3-1)45-47-39(31-18-19-38-37-14-6-9-17-43(37)50-44(38)27-31)28-40(48-45)33-24-32(29-20-22-46-23-21-29)25-34(26-33)49-41-15-7-4-12-35(41)36-13-5-8-16-42(36)49/h1-28H. The maximum absolute atomic E-state index is 5.25. The highest BCUT2D eigenvalue weighted by molar-refractivity contribution is 7.25. The lowest BCUT2D eigenvalue weighted by Gasteiger charge is -2.15. The van der Waals surface area contributed by atoms with Crippen LogP contribution in [0.2, 0.25) is 0 Å². The second kappa shape index (κ2) is 11.6. The Morgan fingerprint density at radius 1 is 0.400 bits per heavy atom. The van der Waals surface area contributed by atoms with E-state index in [0.29, 0.717) is 5.82 Å². The van der Waals surface area contributed by atoms with Gasteiger partial charge in [-0.15, -0.1) is 11.3 Å². The molecule has 0 spiro atoms. The monoisotopic (exact) mass is 656 g/mol. The number of pyridine rings is 1. The van der Waals surface area contributed by atoms with Gasteiger partial charge >= 0.3 is 0 Å². The summed E-state index contributed by atoms with van der Waals surface area (Å²) in [6.45, 7) is 0. The number of benzene rings is 6. The highest BCUT2D eigenvalue weighted by Gasteiger charge is 2.17. The second-order valence-corrected chi connectivity index (χ2v) is 13.6. The van der Waals surface area contributed by atoms with Crippen molar-refractivity contribution in [3.05, 3.63) is 170 Å². The molecule has 0 aliphatic heterocycles. The number of thiophene rings is 1. The normalized spacial score (nSPS) is 11.6. The molecule has 4 nitrogen and oxygen atoms in total. The van der Waals surface area contributed by atoms with E-state index in [1.165, 1.54) is 30.9 Å². The molecule has 4 heterocycles. The predicted molar refractivity (Wildman–Crippen MR) is 209 cm³/mol. The third kappa shape index (κ3) is 4.79. The summed E-state index contributed by atoms with van der Waals surface area (Å²) in [6.07, 6.45) is 3.70. The van der Waals surface area contributed by atoms with Gasteiger partial charge in [-0.05, 0) is 71.8 Å². The van der Waals surface area contributed by atoms with Crippen LogP contribution >= 0.6 is 11.3 Å². The Balaban J connectivity index is 1.23. The van der Waals surface area contributed by atoms with Gasteiger partial charge in [0, 0.05) is 65.7 Å². The van der Waals surface area contributed by atoms with E-state index in [9.17, 15) is 0 Å². The minimum absolute atomic E-state index is 0.697. The lowest BCUT2D eigenvalue weighted by atomic mass is 9.99. The summed E-state index contributed by atoms with van der Waals surface area (Å²) in [5.41, 5.74) is 10.4. The van der Waals surface area contributed by atoms with E-state index >= 15 is 0 Å². The van der Waals surface area contributed by atoms with Crippen LogP contribution in [0.3, 0.4) is 0 Å². The third-order valence-corrected chi connectivity index (χ3v) is 10.6. The summed E-state index contributed by atoms with van der Waals surface area (Å²) in [5.74, 6) is 0.697. The smallest absolute Gasteiger partial charge is 0.160 e. The van der Waals surface area contributed by atoms with Crippen LogP contribution in [0.1, 0.15) is 0 Å². The van der Waals surface area contributed by atoms with Gasteiger partial charge in [-0.1, -0.05) is 97.1 Å². The number of para-hydroxylation sites is 2. The SMILES string of the molecule is c1ccc(-c2nc(-c3cc(-c4ccncc4)cc(-n4c5ccccc5c5ccccc54)c3)cc(-c3ccc4c(c3)sc3ccccc34)n2)cc1. The Morgan fingerprint density at radius 3 is 1.78 bits per heavy atom. The Kier molecular flexibility index (Phi) is 6.64. The molecule has 0 aliphatic carbocycles. The number of aromatic nitrogens is 4. The molecule has 10 aromatic rings. The predicted octanol–water partition coefficient (Wildman–Crippen LogP) is 12.0. The van der Waals surface area contributed by atoms with E-state index in [4.69, 9.17) is 9.97 Å². The highest BCUT2D eigenvalue weighted by atomic mass is 32.1. The van der Waals surface area contributed by atoms with Crippen molar-refractivity contribution in [2.24, 2.45) is 0 Å². The molecule has 0 unspecified atom stereocenters. The molecule has 50 heavy (non-hydrogen) atoms. The van der Waals surface area contributed by atoms with Crippen molar-refractivity contribution in [2.75, 3.05) is 0 Å². The maximum atomic E-state index is 5.25. The summed E-state index contributed by atoms with van der Waals surface area (Å²) in [5, 5.41) is 5.02. The molecular weight excluding hydrogens is 629 g/mol. The Morgan fingerprint density at radius 2 is 1.02 bits per heavy atom. The molecular formula is C45H28N4S. The van der Waals surface area contributed by atoms with Crippen molar-refractivity contribution < 1.29 is 0 Å². The number of rotatable bonds is 5. The molecule has 0 saturated carbocycles. The van der Waals surface area contributed by atoms with Crippen LogP contribution in [0, 0.1) is 0 Å². The van der Waals surface area contributed by atoms with Gasteiger partial charge < -0.3 is 4.57 Å². The van der Waals surface area contributed by atoms with Crippen molar-refractivity contribution in [3.63, 3.8) is 0 Å². The maximum Gasteiger partial charge on any atom is 0.160 e. The van der Waals surface area contributed by atoms with Crippen LogP contribution in [-0.2, 0) is 0 Å². The quantitative estimate of drug-likeness (QED) is 0.185. The van der Waals surface area contributed by atoms with E-state index in [-0.39, 0.29) is 0 Å². The molecule has 0 atom stereocenters. The van der Waals surface area contributed by atoms with Gasteiger partial charge in [0.2, 0.25) is 0 Å². The van der Waals surface area contributed by atoms with E-state index in [2.05, 4.69) is 149 Å². The summed E-state index contributed by atoms with van der Waals surface area (Å²) in [6, 6.07) is 55.9. The first-order chi connectivity index (χ1) is 24.8. The molecule has 0 fully saturated rings. The van der Waals surface area contributed by atoms with Gasteiger partial charge in [0.25, 0.3) is 0 Å². The zero-order valence-electron chi connectivity index (χ0n) is 26.9. The molecule has 0 radical (unpaired) electrons. The lowest BCUT2D eigenvalue weighted by molar-refractivity contribution is 1.16. The zero-order valence-corrected chi connectivity index (χ0v) is 27.7. The lowest BCUT2D eigenvalue weighted by Crippen LogP contribution is -1.99. The fourth-order valence-corrected chi connectivity index (χ4v) is 8.29. The van der Waals surface area contributed by atoms with Crippen molar-refractivity contribution >= 4 is 53.3 Å². The summed E-state index contributed by atoms with van der Waals surface area (Å²) < 4.78 is 4.91. The number of hydrogen-bond acceptors (Lipinski definition) is 4. The van der Waals surface area contributed by atoms with Crippen LogP contribution in [0.15, 0.2) is 170 Å². The average Bonchev–Trinajstić information content (AvgIpc) is 3.74. The van der Waals surface area contributed by atoms with Gasteiger partial charge in [-0.3, -0.25) is 4.98 Å². The van der Waals surface area contributed by atoms with E-state index in [1.807, 2.05) is 41.9 Å². The largest absolute Gasteiger partial charge is 0.309 e. The number of hydrogen-bond donors (Lipinski definition) is 0. The minimum atomic E-state index is 0.697. The van der Waals surface area contributed by atoms with Gasteiger partial charge in [-0.2, -0.15) is 0 Å². The molecule has 6 aromatic carbocycles. The van der Waals surface area contributed by atoms with Crippen LogP contribution < -0.4 is 0 Å². The van der Waals surface area contributed by atoms with Crippen LogP contribution in [0.4, 0.5) is 0 Å². The number of fused-ring (bicyclic) bond motifs is 6. The molecule has 5 heteroatoms. The fraction of sp³-hybridized carbons (Fsp3) is 0. The molecule has 0 aliphatic rings. The van der Waals surface area contributed by atoms with Crippen LogP contribution in [0.25, 0.3) is 92.7 Å². The van der Waals surface area contributed by atoms with Gasteiger partial charge in [0.05, 0.1) is 22.4 Å². The Hall–Kier alpha value is -6.43. The molecule has 4 aromatic heterocycles. The minimum Gasteiger partial charge on any atom is -0.309 e. The van der Waals surface area contributed by atoms with Crippen molar-refractivity contribution in [1.82, 2.24) is 19.5 Å². The Labute approximate surface area is 292 Å². The van der Waals surface area contributed by atoms with Crippen LogP contribution in [0.5, 0.6) is 0 Å². The molecule has 0 saturated heterocycles. The summed E-state index contributed by atoms with van der Waals surface area (Å²) in [7, 11) is 0. The average molecular weight is 657 g/mol. The van der Waals surface area contributed by atoms with E-state index in [0.717, 1.165) is 55.9 Å². The highest BCUT2D eigenvalue weighted by Crippen LogP contribution is 2.39. The first kappa shape index (κ1) is 28.6. The first-order valence-electron chi connectivity index (χ1n) is 16.7. The topological polar surface area (TPSA) is 43.6 Å². The van der Waals surface area contributed by atoms with Gasteiger partial charge in [0.15, 0.2) is 5.82 Å². The van der Waals surface area contributed by atoms with E-state index < -0.39 is 0 Å². The van der Waals surface area contributed by atoms with Crippen molar-refractivity contribution in [2.45, 2.75) is 0 Å². The zero-order chi connectivity index (χ0) is 33.0. The van der Waals surface area contributed by atoms with Crippen molar-refractivity contribution in [1.29, 1.82) is 0 Å². The van der Waals surface area contributed by atoms with E-state index in [1.54, 1.807) is 0 Å². The first-order valence-corrected chi connectivity index (χ1v) is 17.5. The second-order valence-electron chi connectivity index (χ2n) is 12.5. The summed E-state index contributed by atoms with van der Waals surface area (Å²) >= 11 is 1.82. The van der Waals surface area contributed by atoms with Gasteiger partial charge in [-0.25, -0.2) is 9.97 Å². The number of nitrogens with zero attached hydrogens (tertiary/aromatic N) is 4. The summed E-state index contributed by atoms with van der Waals surface area (Å²) in [4.78, 5) is 14.7. The fourth-order valence-electron chi connectivity index (χ4n) is 7.14. The van der Waals surface area contributed by atoms with Crippen molar-refractivity contribution in [3.8, 4) is 50.7 Å². The third-order valence-electron chi connectivity index (χ3n) is 9.50. The van der Waals surface area contributed by atoms with Crippen LogP contribution in [-0.4, -0.2) is 19.5 Å². The molecule has 0 amide bonds. The van der Waals surface area contributed by atoms with Gasteiger partial charge in [0.1, 0.15) is 0 Å². The molecule has 10 rings (SSSR count). The molecule has 0 N–H and O–H groups in total. The Bertz CT molecular complexity index is 2820. The molecule has 0 bridgehead atoms. The molecule has 234 valence electrons.